The van der Waals surface area contributed by atoms with E-state index < -0.39 is 5.67 Å². The molecule has 0 atom stereocenters. The molecule has 1 fully saturated rings. The molecule has 0 radical (unpaired) electrons. The summed E-state index contributed by atoms with van der Waals surface area (Å²) in [6, 6.07) is 7.89. The van der Waals surface area contributed by atoms with Crippen molar-refractivity contribution in [3.8, 4) is 0 Å². The van der Waals surface area contributed by atoms with E-state index in [1.807, 2.05) is 36.2 Å². The van der Waals surface area contributed by atoms with Crippen molar-refractivity contribution in [1.29, 1.82) is 0 Å². The molecule has 2 heteroatoms. The van der Waals surface area contributed by atoms with Gasteiger partial charge >= 0.3 is 0 Å². The van der Waals surface area contributed by atoms with Crippen LogP contribution in [0.4, 0.5) is 4.39 Å². The van der Waals surface area contributed by atoms with E-state index in [0.29, 0.717) is 13.1 Å². The highest BCUT2D eigenvalue weighted by Crippen LogP contribution is 2.34. The number of hydrogen-bond donors (Lipinski definition) is 0. The molecule has 0 unspecified atom stereocenters. The molecule has 14 heavy (non-hydrogen) atoms. The van der Waals surface area contributed by atoms with Gasteiger partial charge in [0.25, 0.3) is 0 Å². The predicted molar refractivity (Wildman–Crippen MR) is 56.1 cm³/mol. The van der Waals surface area contributed by atoms with Gasteiger partial charge in [-0.1, -0.05) is 31.2 Å². The Balaban J connectivity index is 2.17. The fourth-order valence-corrected chi connectivity index (χ4v) is 2.03. The molecule has 1 aromatic rings. The van der Waals surface area contributed by atoms with E-state index in [0.717, 1.165) is 12.0 Å². The summed E-state index contributed by atoms with van der Waals surface area (Å²) in [5.74, 6) is 0. The minimum atomic E-state index is -1.10. The second kappa shape index (κ2) is 3.35. The lowest BCUT2D eigenvalue weighted by Crippen LogP contribution is -2.54. The molecule has 0 aromatic heterocycles. The number of nitrogens with zero attached hydrogens (tertiary/aromatic N) is 1. The molecule has 1 nitrogen and oxygen atoms in total. The van der Waals surface area contributed by atoms with Crippen molar-refractivity contribution >= 4 is 0 Å². The van der Waals surface area contributed by atoms with Crippen LogP contribution >= 0.6 is 0 Å². The van der Waals surface area contributed by atoms with Crippen molar-refractivity contribution in [2.45, 2.75) is 19.0 Å². The molecule has 1 aromatic carbocycles. The summed E-state index contributed by atoms with van der Waals surface area (Å²) in [4.78, 5) is 1.99. The summed E-state index contributed by atoms with van der Waals surface area (Å²) in [6.07, 6.45) is 1.01. The van der Waals surface area contributed by atoms with Gasteiger partial charge in [-0.15, -0.1) is 0 Å². The minimum absolute atomic E-state index is 0.526. The van der Waals surface area contributed by atoms with Crippen molar-refractivity contribution in [2.75, 3.05) is 20.1 Å². The highest BCUT2D eigenvalue weighted by Gasteiger charge is 2.42. The van der Waals surface area contributed by atoms with Gasteiger partial charge in [0, 0.05) is 13.1 Å². The van der Waals surface area contributed by atoms with E-state index in [-0.39, 0.29) is 0 Å². The van der Waals surface area contributed by atoms with E-state index in [2.05, 4.69) is 6.92 Å². The monoisotopic (exact) mass is 193 g/mol. The Kier molecular flexibility index (Phi) is 2.31. The lowest BCUT2D eigenvalue weighted by atomic mass is 9.88. The van der Waals surface area contributed by atoms with Crippen molar-refractivity contribution < 1.29 is 4.39 Å². The second-order valence-electron chi connectivity index (χ2n) is 4.19. The molecular formula is C12H16FN. The molecule has 1 aliphatic rings. The number of likely N-dealkylation sites (N-methyl/N-ethyl adjacent to an activating group) is 1. The SMILES string of the molecule is CCc1ccc(C2(F)CN(C)C2)cc1. The summed E-state index contributed by atoms with van der Waals surface area (Å²) in [7, 11) is 1.94. The molecule has 0 aliphatic carbocycles. The number of hydrogen-bond acceptors (Lipinski definition) is 1. The van der Waals surface area contributed by atoms with Crippen LogP contribution in [0.5, 0.6) is 0 Å². The number of aryl methyl sites for hydroxylation is 1. The molecule has 0 spiro atoms. The molecule has 1 heterocycles. The van der Waals surface area contributed by atoms with Crippen LogP contribution in [-0.4, -0.2) is 25.0 Å². The fourth-order valence-electron chi connectivity index (χ4n) is 2.03. The Bertz CT molecular complexity index is 312. The summed E-state index contributed by atoms with van der Waals surface area (Å²) >= 11 is 0. The maximum absolute atomic E-state index is 14.1. The summed E-state index contributed by atoms with van der Waals surface area (Å²) in [5, 5.41) is 0. The number of alkyl halides is 1. The van der Waals surface area contributed by atoms with Gasteiger partial charge in [0.05, 0.1) is 0 Å². The maximum Gasteiger partial charge on any atom is 0.161 e. The first-order valence-corrected chi connectivity index (χ1v) is 5.11. The Morgan fingerprint density at radius 3 is 2.29 bits per heavy atom. The molecule has 0 saturated carbocycles. The van der Waals surface area contributed by atoms with E-state index >= 15 is 0 Å². The van der Waals surface area contributed by atoms with Crippen molar-refractivity contribution in [2.24, 2.45) is 0 Å². The van der Waals surface area contributed by atoms with Gasteiger partial charge in [-0.3, -0.25) is 4.90 Å². The van der Waals surface area contributed by atoms with Gasteiger partial charge in [-0.2, -0.15) is 0 Å². The van der Waals surface area contributed by atoms with E-state index in [4.69, 9.17) is 0 Å². The maximum atomic E-state index is 14.1. The van der Waals surface area contributed by atoms with Gasteiger partial charge in [-0.05, 0) is 24.6 Å². The summed E-state index contributed by atoms with van der Waals surface area (Å²) < 4.78 is 14.1. The Morgan fingerprint density at radius 1 is 1.29 bits per heavy atom. The zero-order chi connectivity index (χ0) is 10.2. The standard InChI is InChI=1S/C12H16FN/c1-3-10-4-6-11(7-5-10)12(13)8-14(2)9-12/h4-7H,3,8-9H2,1-2H3. The van der Waals surface area contributed by atoms with Gasteiger partial charge in [-0.25, -0.2) is 4.39 Å². The van der Waals surface area contributed by atoms with E-state index in [1.165, 1.54) is 5.56 Å². The summed E-state index contributed by atoms with van der Waals surface area (Å²) in [5.41, 5.74) is 0.999. The highest BCUT2D eigenvalue weighted by atomic mass is 19.1. The molecule has 1 aliphatic heterocycles. The Hall–Kier alpha value is -0.890. The third kappa shape index (κ3) is 1.55. The molecule has 2 rings (SSSR count). The van der Waals surface area contributed by atoms with Gasteiger partial charge < -0.3 is 0 Å². The topological polar surface area (TPSA) is 3.24 Å². The van der Waals surface area contributed by atoms with E-state index in [9.17, 15) is 4.39 Å². The van der Waals surface area contributed by atoms with Gasteiger partial charge in [0.1, 0.15) is 0 Å². The molecular weight excluding hydrogens is 177 g/mol. The number of halogens is 1. The quantitative estimate of drug-likeness (QED) is 0.697. The third-order valence-electron chi connectivity index (χ3n) is 2.92. The van der Waals surface area contributed by atoms with Crippen molar-refractivity contribution in [3.63, 3.8) is 0 Å². The zero-order valence-corrected chi connectivity index (χ0v) is 8.76. The predicted octanol–water partition coefficient (Wildman–Crippen LogP) is 2.36. The molecule has 0 amide bonds. The molecule has 1 saturated heterocycles. The van der Waals surface area contributed by atoms with Crippen LogP contribution in [0.15, 0.2) is 24.3 Å². The Morgan fingerprint density at radius 2 is 1.86 bits per heavy atom. The normalized spacial score (nSPS) is 20.5. The molecule has 0 N–H and O–H groups in total. The first-order valence-electron chi connectivity index (χ1n) is 5.11. The number of likely N-dealkylation sites (tertiary alicyclic amines) is 1. The van der Waals surface area contributed by atoms with Crippen LogP contribution < -0.4 is 0 Å². The van der Waals surface area contributed by atoms with Gasteiger partial charge in [0.15, 0.2) is 5.67 Å². The average molecular weight is 193 g/mol. The van der Waals surface area contributed by atoms with Gasteiger partial charge in [0.2, 0.25) is 0 Å². The number of benzene rings is 1. The first-order chi connectivity index (χ1) is 6.64. The molecule has 0 bridgehead atoms. The highest BCUT2D eigenvalue weighted by molar-refractivity contribution is 5.30. The van der Waals surface area contributed by atoms with Crippen LogP contribution in [0.2, 0.25) is 0 Å². The Labute approximate surface area is 84.5 Å². The average Bonchev–Trinajstić information content (AvgIpc) is 2.16. The van der Waals surface area contributed by atoms with E-state index in [1.54, 1.807) is 0 Å². The number of rotatable bonds is 2. The van der Waals surface area contributed by atoms with Crippen molar-refractivity contribution in [1.82, 2.24) is 4.90 Å². The van der Waals surface area contributed by atoms with Crippen molar-refractivity contribution in [3.05, 3.63) is 35.4 Å². The largest absolute Gasteiger partial charge is 0.299 e. The zero-order valence-electron chi connectivity index (χ0n) is 8.76. The lowest BCUT2D eigenvalue weighted by molar-refractivity contribution is -0.0194. The first kappa shape index (κ1) is 9.66. The third-order valence-corrected chi connectivity index (χ3v) is 2.92. The van der Waals surface area contributed by atoms with Crippen LogP contribution in [0.1, 0.15) is 18.1 Å². The second-order valence-corrected chi connectivity index (χ2v) is 4.19. The van der Waals surface area contributed by atoms with Crippen LogP contribution in [-0.2, 0) is 12.1 Å². The lowest BCUT2D eigenvalue weighted by Gasteiger charge is -2.42. The van der Waals surface area contributed by atoms with Crippen LogP contribution in [0.25, 0.3) is 0 Å². The smallest absolute Gasteiger partial charge is 0.161 e. The van der Waals surface area contributed by atoms with Crippen LogP contribution in [0.3, 0.4) is 0 Å². The van der Waals surface area contributed by atoms with Crippen LogP contribution in [0, 0.1) is 0 Å². The minimum Gasteiger partial charge on any atom is -0.299 e. The fraction of sp³-hybridized carbons (Fsp3) is 0.500. The summed E-state index contributed by atoms with van der Waals surface area (Å²) in [6.45, 7) is 3.16. The molecule has 76 valence electrons.